The third kappa shape index (κ3) is 2.58. The van der Waals surface area contributed by atoms with Gasteiger partial charge in [0.25, 0.3) is 0 Å². The molecule has 0 N–H and O–H groups in total. The quantitative estimate of drug-likeness (QED) is 0.826. The van der Waals surface area contributed by atoms with E-state index >= 15 is 0 Å². The van der Waals surface area contributed by atoms with Gasteiger partial charge in [-0.25, -0.2) is 0 Å². The van der Waals surface area contributed by atoms with Crippen molar-refractivity contribution in [2.75, 3.05) is 13.2 Å². The van der Waals surface area contributed by atoms with Crippen LogP contribution in [0.5, 0.6) is 11.5 Å². The number of ether oxygens (including phenoxy) is 2. The average molecular weight is 254 g/mol. The Balaban J connectivity index is 1.64. The molecule has 0 saturated heterocycles. The molecule has 0 radical (unpaired) electrons. The number of hydrogen-bond donors (Lipinski definition) is 0. The zero-order chi connectivity index (χ0) is 13.1. The van der Waals surface area contributed by atoms with Crippen LogP contribution in [0.15, 0.2) is 48.5 Å². The lowest BCUT2D eigenvalue weighted by molar-refractivity contribution is 0.248. The Kier molecular flexibility index (Phi) is 3.41. The van der Waals surface area contributed by atoms with Crippen LogP contribution in [0, 0.1) is 0 Å². The van der Waals surface area contributed by atoms with Gasteiger partial charge in [0, 0.05) is 5.56 Å². The third-order valence-corrected chi connectivity index (χ3v) is 3.58. The van der Waals surface area contributed by atoms with E-state index in [2.05, 4.69) is 31.2 Å². The van der Waals surface area contributed by atoms with Crippen LogP contribution in [0.1, 0.15) is 24.0 Å². The molecule has 1 atom stereocenters. The Morgan fingerprint density at radius 3 is 2.68 bits per heavy atom. The number of rotatable bonds is 4. The summed E-state index contributed by atoms with van der Waals surface area (Å²) in [6.07, 6.45) is 1.06. The summed E-state index contributed by atoms with van der Waals surface area (Å²) in [5.74, 6) is 2.26. The van der Waals surface area contributed by atoms with Crippen LogP contribution in [0.2, 0.25) is 0 Å². The normalized spacial score (nSPS) is 16.8. The molecule has 98 valence electrons. The highest BCUT2D eigenvalue weighted by molar-refractivity contribution is 5.39. The molecular formula is C17H18O2. The Morgan fingerprint density at radius 1 is 1.11 bits per heavy atom. The van der Waals surface area contributed by atoms with Gasteiger partial charge in [0.1, 0.15) is 11.5 Å². The first-order chi connectivity index (χ1) is 9.36. The monoisotopic (exact) mass is 254 g/mol. The average Bonchev–Trinajstić information content (AvgIpc) is 2.89. The maximum absolute atomic E-state index is 5.87. The fraction of sp³-hybridized carbons (Fsp3) is 0.294. The summed E-state index contributed by atoms with van der Waals surface area (Å²) in [5.41, 5.74) is 2.59. The van der Waals surface area contributed by atoms with Gasteiger partial charge in [0.05, 0.1) is 19.1 Å². The first-order valence-corrected chi connectivity index (χ1v) is 6.80. The van der Waals surface area contributed by atoms with Crippen molar-refractivity contribution in [2.24, 2.45) is 0 Å². The topological polar surface area (TPSA) is 18.5 Å². The first-order valence-electron chi connectivity index (χ1n) is 6.80. The molecule has 1 unspecified atom stereocenters. The highest BCUT2D eigenvalue weighted by Gasteiger charge is 2.23. The van der Waals surface area contributed by atoms with Crippen molar-refractivity contribution in [1.82, 2.24) is 0 Å². The second kappa shape index (κ2) is 5.35. The van der Waals surface area contributed by atoms with Gasteiger partial charge >= 0.3 is 0 Å². The van der Waals surface area contributed by atoms with Gasteiger partial charge in [-0.05, 0) is 30.2 Å². The second-order valence-corrected chi connectivity index (χ2v) is 4.85. The molecule has 2 heteroatoms. The van der Waals surface area contributed by atoms with Crippen LogP contribution in [0.3, 0.4) is 0 Å². The highest BCUT2D eigenvalue weighted by atomic mass is 16.5. The summed E-state index contributed by atoms with van der Waals surface area (Å²) in [6.45, 7) is 3.54. The van der Waals surface area contributed by atoms with Crippen LogP contribution in [-0.4, -0.2) is 13.2 Å². The zero-order valence-electron chi connectivity index (χ0n) is 11.1. The van der Waals surface area contributed by atoms with E-state index in [4.69, 9.17) is 9.47 Å². The van der Waals surface area contributed by atoms with Crippen molar-refractivity contribution in [2.45, 2.75) is 19.3 Å². The molecule has 2 aromatic carbocycles. The summed E-state index contributed by atoms with van der Waals surface area (Å²) in [7, 11) is 0. The number of fused-ring (bicyclic) bond motifs is 1. The van der Waals surface area contributed by atoms with Gasteiger partial charge in [-0.1, -0.05) is 37.3 Å². The summed E-state index contributed by atoms with van der Waals surface area (Å²) in [4.78, 5) is 0. The lowest BCUT2D eigenvalue weighted by atomic mass is 10.0. The van der Waals surface area contributed by atoms with Crippen molar-refractivity contribution < 1.29 is 9.47 Å². The minimum absolute atomic E-state index is 0.335. The van der Waals surface area contributed by atoms with Gasteiger partial charge in [0.2, 0.25) is 0 Å². The van der Waals surface area contributed by atoms with Crippen molar-refractivity contribution in [3.63, 3.8) is 0 Å². The number of para-hydroxylation sites is 1. The number of benzene rings is 2. The molecule has 1 heterocycles. The van der Waals surface area contributed by atoms with Crippen molar-refractivity contribution in [1.29, 1.82) is 0 Å². The van der Waals surface area contributed by atoms with E-state index in [0.29, 0.717) is 19.1 Å². The van der Waals surface area contributed by atoms with E-state index in [1.807, 2.05) is 24.3 Å². The third-order valence-electron chi connectivity index (χ3n) is 3.58. The number of hydrogen-bond acceptors (Lipinski definition) is 2. The molecule has 2 nitrogen and oxygen atoms in total. The smallest absolute Gasteiger partial charge is 0.123 e. The molecule has 0 aliphatic carbocycles. The Bertz CT molecular complexity index is 545. The van der Waals surface area contributed by atoms with E-state index in [9.17, 15) is 0 Å². The molecule has 0 fully saturated rings. The maximum Gasteiger partial charge on any atom is 0.123 e. The predicted octanol–water partition coefficient (Wildman–Crippen LogP) is 3.80. The van der Waals surface area contributed by atoms with Crippen LogP contribution in [0.25, 0.3) is 0 Å². The Morgan fingerprint density at radius 2 is 1.89 bits per heavy atom. The summed E-state index contributed by atoms with van der Waals surface area (Å²) in [5, 5.41) is 0. The molecule has 0 amide bonds. The van der Waals surface area contributed by atoms with E-state index < -0.39 is 0 Å². The standard InChI is InChI=1S/C17H18O2/c1-2-13-7-9-15(10-8-13)18-11-14-12-19-17-6-4-3-5-16(14)17/h3-10,14H,2,11-12H2,1H3. The first kappa shape index (κ1) is 12.1. The predicted molar refractivity (Wildman–Crippen MR) is 76.0 cm³/mol. The van der Waals surface area contributed by atoms with Gasteiger partial charge < -0.3 is 9.47 Å². The van der Waals surface area contributed by atoms with E-state index in [-0.39, 0.29) is 0 Å². The Hall–Kier alpha value is -1.96. The molecule has 0 bridgehead atoms. The fourth-order valence-electron chi connectivity index (χ4n) is 2.39. The Labute approximate surface area is 114 Å². The highest BCUT2D eigenvalue weighted by Crippen LogP contribution is 2.33. The minimum atomic E-state index is 0.335. The van der Waals surface area contributed by atoms with Crippen molar-refractivity contribution in [3.8, 4) is 11.5 Å². The van der Waals surface area contributed by atoms with Crippen molar-refractivity contribution >= 4 is 0 Å². The summed E-state index contributed by atoms with van der Waals surface area (Å²) in [6, 6.07) is 16.5. The summed E-state index contributed by atoms with van der Waals surface area (Å²) < 4.78 is 11.5. The van der Waals surface area contributed by atoms with Gasteiger partial charge in [-0.15, -0.1) is 0 Å². The van der Waals surface area contributed by atoms with E-state index in [0.717, 1.165) is 17.9 Å². The second-order valence-electron chi connectivity index (χ2n) is 4.85. The molecule has 0 saturated carbocycles. The molecule has 19 heavy (non-hydrogen) atoms. The zero-order valence-corrected chi connectivity index (χ0v) is 11.1. The maximum atomic E-state index is 5.87. The number of aryl methyl sites for hydroxylation is 1. The van der Waals surface area contributed by atoms with Crippen molar-refractivity contribution in [3.05, 3.63) is 59.7 Å². The van der Waals surface area contributed by atoms with Crippen LogP contribution >= 0.6 is 0 Å². The van der Waals surface area contributed by atoms with E-state index in [1.54, 1.807) is 0 Å². The molecule has 0 aromatic heterocycles. The largest absolute Gasteiger partial charge is 0.493 e. The van der Waals surface area contributed by atoms with Gasteiger partial charge in [0.15, 0.2) is 0 Å². The van der Waals surface area contributed by atoms with Crippen LogP contribution < -0.4 is 9.47 Å². The molecule has 2 aromatic rings. The minimum Gasteiger partial charge on any atom is -0.493 e. The van der Waals surface area contributed by atoms with Gasteiger partial charge in [-0.3, -0.25) is 0 Å². The van der Waals surface area contributed by atoms with Crippen LogP contribution in [0.4, 0.5) is 0 Å². The summed E-state index contributed by atoms with van der Waals surface area (Å²) >= 11 is 0. The lowest BCUT2D eigenvalue weighted by Crippen LogP contribution is -2.11. The fourth-order valence-corrected chi connectivity index (χ4v) is 2.39. The molecule has 1 aliphatic heterocycles. The molecular weight excluding hydrogens is 236 g/mol. The lowest BCUT2D eigenvalue weighted by Gasteiger charge is -2.11. The van der Waals surface area contributed by atoms with Gasteiger partial charge in [-0.2, -0.15) is 0 Å². The molecule has 1 aliphatic rings. The van der Waals surface area contributed by atoms with Crippen LogP contribution in [-0.2, 0) is 6.42 Å². The molecule has 0 spiro atoms. The molecule has 3 rings (SSSR count). The SMILES string of the molecule is CCc1ccc(OCC2COc3ccccc32)cc1. The van der Waals surface area contributed by atoms with E-state index in [1.165, 1.54) is 11.1 Å².